The molecule has 2 aliphatic heterocycles. The Bertz CT molecular complexity index is 1250. The van der Waals surface area contributed by atoms with Crippen molar-refractivity contribution in [2.24, 2.45) is 11.8 Å². The standard InChI is InChI=1S/C31H40N4O3/c1-31(2,3)38-30(36)35-17-14-23-19-34(20-24(23)21-35)16-7-15-32-29-18-28(22-10-12-25(37-4)13-11-22)33-27-9-6-5-8-26(27)29/h5-6,8-13,18,23-24H,7,14-17,19-21H2,1-4H3,(H,32,33). The van der Waals surface area contributed by atoms with Crippen LogP contribution in [0.3, 0.4) is 0 Å². The zero-order valence-corrected chi connectivity index (χ0v) is 23.1. The Kier molecular flexibility index (Phi) is 7.75. The molecule has 7 nitrogen and oxygen atoms in total. The number of anilines is 1. The molecule has 1 amide bonds. The fourth-order valence-electron chi connectivity index (χ4n) is 5.70. The molecule has 0 spiro atoms. The number of hydrogen-bond donors (Lipinski definition) is 1. The summed E-state index contributed by atoms with van der Waals surface area (Å²) in [7, 11) is 1.68. The van der Waals surface area contributed by atoms with Gasteiger partial charge in [0, 0.05) is 49.4 Å². The highest BCUT2D eigenvalue weighted by Gasteiger charge is 2.39. The Hall–Kier alpha value is -3.32. The van der Waals surface area contributed by atoms with Gasteiger partial charge in [-0.2, -0.15) is 0 Å². The lowest BCUT2D eigenvalue weighted by Gasteiger charge is -2.35. The van der Waals surface area contributed by atoms with Crippen LogP contribution in [0.2, 0.25) is 0 Å². The van der Waals surface area contributed by atoms with Gasteiger partial charge in [-0.15, -0.1) is 0 Å². The second-order valence-electron chi connectivity index (χ2n) is 11.6. The SMILES string of the molecule is COc1ccc(-c2cc(NCCCN3CC4CCN(C(=O)OC(C)(C)C)CC4C3)c3ccccc3n2)cc1. The molecule has 7 heteroatoms. The summed E-state index contributed by atoms with van der Waals surface area (Å²) in [5.41, 5.74) is 3.68. The van der Waals surface area contributed by atoms with E-state index in [2.05, 4.69) is 46.6 Å². The minimum atomic E-state index is -0.446. The highest BCUT2D eigenvalue weighted by atomic mass is 16.6. The third-order valence-corrected chi connectivity index (χ3v) is 7.60. The van der Waals surface area contributed by atoms with E-state index in [1.807, 2.05) is 43.9 Å². The molecule has 1 N–H and O–H groups in total. The number of rotatable bonds is 7. The van der Waals surface area contributed by atoms with Crippen LogP contribution in [0.15, 0.2) is 54.6 Å². The van der Waals surface area contributed by atoms with Crippen molar-refractivity contribution >= 4 is 22.7 Å². The minimum Gasteiger partial charge on any atom is -0.497 e. The largest absolute Gasteiger partial charge is 0.497 e. The average molecular weight is 517 g/mol. The molecule has 1 aromatic heterocycles. The quantitative estimate of drug-likeness (QED) is 0.394. The summed E-state index contributed by atoms with van der Waals surface area (Å²) >= 11 is 0. The minimum absolute atomic E-state index is 0.169. The molecule has 202 valence electrons. The Morgan fingerprint density at radius 3 is 2.58 bits per heavy atom. The lowest BCUT2D eigenvalue weighted by molar-refractivity contribution is 0.0139. The number of hydrogen-bond acceptors (Lipinski definition) is 6. The van der Waals surface area contributed by atoms with Crippen molar-refractivity contribution in [2.75, 3.05) is 51.7 Å². The summed E-state index contributed by atoms with van der Waals surface area (Å²) in [6.07, 6.45) is 1.96. The number of piperidine rings is 1. The second-order valence-corrected chi connectivity index (χ2v) is 11.6. The third kappa shape index (κ3) is 6.21. The summed E-state index contributed by atoms with van der Waals surface area (Å²) in [4.78, 5) is 21.9. The van der Waals surface area contributed by atoms with Gasteiger partial charge in [0.15, 0.2) is 0 Å². The van der Waals surface area contributed by atoms with Gasteiger partial charge in [-0.3, -0.25) is 0 Å². The second kappa shape index (κ2) is 11.2. The highest BCUT2D eigenvalue weighted by Crippen LogP contribution is 2.32. The highest BCUT2D eigenvalue weighted by molar-refractivity contribution is 5.93. The number of methoxy groups -OCH3 is 1. The molecule has 0 saturated carbocycles. The Morgan fingerprint density at radius 1 is 1.05 bits per heavy atom. The van der Waals surface area contributed by atoms with Crippen LogP contribution in [0, 0.1) is 11.8 Å². The molecule has 0 aliphatic carbocycles. The lowest BCUT2D eigenvalue weighted by Crippen LogP contribution is -2.45. The molecule has 2 unspecified atom stereocenters. The number of likely N-dealkylation sites (tertiary alicyclic amines) is 2. The fourth-order valence-corrected chi connectivity index (χ4v) is 5.70. The van der Waals surface area contributed by atoms with Crippen molar-refractivity contribution in [2.45, 2.75) is 39.2 Å². The number of nitrogens with zero attached hydrogens (tertiary/aromatic N) is 3. The number of carbonyl (C=O) groups is 1. The van der Waals surface area contributed by atoms with E-state index >= 15 is 0 Å². The number of fused-ring (bicyclic) bond motifs is 2. The Morgan fingerprint density at radius 2 is 1.82 bits per heavy atom. The van der Waals surface area contributed by atoms with Crippen molar-refractivity contribution in [3.63, 3.8) is 0 Å². The van der Waals surface area contributed by atoms with E-state index in [9.17, 15) is 4.79 Å². The third-order valence-electron chi connectivity index (χ3n) is 7.60. The fraction of sp³-hybridized carbons (Fsp3) is 0.484. The Labute approximate surface area is 226 Å². The number of nitrogens with one attached hydrogen (secondary N) is 1. The first kappa shape index (κ1) is 26.3. The number of benzene rings is 2. The molecule has 2 aliphatic rings. The molecule has 2 atom stereocenters. The molecule has 2 aromatic carbocycles. The summed E-state index contributed by atoms with van der Waals surface area (Å²) in [6, 6.07) is 18.5. The maximum absolute atomic E-state index is 12.5. The van der Waals surface area contributed by atoms with E-state index in [0.717, 1.165) is 85.7 Å². The van der Waals surface area contributed by atoms with E-state index < -0.39 is 5.60 Å². The van der Waals surface area contributed by atoms with Crippen molar-refractivity contribution in [3.8, 4) is 17.0 Å². The molecular formula is C31H40N4O3. The van der Waals surface area contributed by atoms with Crippen molar-refractivity contribution in [3.05, 3.63) is 54.6 Å². The molecule has 38 heavy (non-hydrogen) atoms. The van der Waals surface area contributed by atoms with Crippen LogP contribution in [-0.4, -0.2) is 72.9 Å². The molecule has 2 saturated heterocycles. The summed E-state index contributed by atoms with van der Waals surface area (Å²) in [6.45, 7) is 11.5. The predicted octanol–water partition coefficient (Wildman–Crippen LogP) is 5.90. The van der Waals surface area contributed by atoms with Crippen LogP contribution in [0.25, 0.3) is 22.2 Å². The normalized spacial score (nSPS) is 19.8. The maximum Gasteiger partial charge on any atom is 0.410 e. The molecule has 2 fully saturated rings. The van der Waals surface area contributed by atoms with Gasteiger partial charge in [0.05, 0.1) is 18.3 Å². The molecular weight excluding hydrogens is 476 g/mol. The van der Waals surface area contributed by atoms with Gasteiger partial charge < -0.3 is 24.6 Å². The Balaban J connectivity index is 1.16. The smallest absolute Gasteiger partial charge is 0.410 e. The van der Waals surface area contributed by atoms with E-state index in [1.165, 1.54) is 0 Å². The lowest BCUT2D eigenvalue weighted by atomic mass is 9.89. The van der Waals surface area contributed by atoms with Crippen LogP contribution in [0.5, 0.6) is 5.75 Å². The zero-order chi connectivity index (χ0) is 26.7. The molecule has 5 rings (SSSR count). The van der Waals surface area contributed by atoms with E-state index in [0.29, 0.717) is 11.8 Å². The van der Waals surface area contributed by atoms with Crippen molar-refractivity contribution < 1.29 is 14.3 Å². The first-order chi connectivity index (χ1) is 18.3. The maximum atomic E-state index is 12.5. The van der Waals surface area contributed by atoms with Gasteiger partial charge in [-0.1, -0.05) is 18.2 Å². The topological polar surface area (TPSA) is 66.9 Å². The van der Waals surface area contributed by atoms with Gasteiger partial charge in [0.2, 0.25) is 0 Å². The number of carbonyl (C=O) groups excluding carboxylic acids is 1. The number of pyridine rings is 1. The average Bonchev–Trinajstić information content (AvgIpc) is 3.32. The number of aromatic nitrogens is 1. The molecule has 3 heterocycles. The van der Waals surface area contributed by atoms with Gasteiger partial charge in [0.1, 0.15) is 11.4 Å². The van der Waals surface area contributed by atoms with Crippen LogP contribution < -0.4 is 10.1 Å². The van der Waals surface area contributed by atoms with Gasteiger partial charge >= 0.3 is 6.09 Å². The zero-order valence-electron chi connectivity index (χ0n) is 23.1. The predicted molar refractivity (Wildman–Crippen MR) is 153 cm³/mol. The molecule has 0 bridgehead atoms. The van der Waals surface area contributed by atoms with Crippen LogP contribution in [0.4, 0.5) is 10.5 Å². The summed E-state index contributed by atoms with van der Waals surface area (Å²) in [5, 5.41) is 4.83. The first-order valence-corrected chi connectivity index (χ1v) is 13.8. The molecule has 0 radical (unpaired) electrons. The van der Waals surface area contributed by atoms with Crippen LogP contribution >= 0.6 is 0 Å². The number of amides is 1. The van der Waals surface area contributed by atoms with Crippen LogP contribution in [-0.2, 0) is 4.74 Å². The van der Waals surface area contributed by atoms with Crippen LogP contribution in [0.1, 0.15) is 33.6 Å². The van der Waals surface area contributed by atoms with E-state index in [4.69, 9.17) is 14.5 Å². The van der Waals surface area contributed by atoms with Gasteiger partial charge in [-0.25, -0.2) is 9.78 Å². The van der Waals surface area contributed by atoms with E-state index in [-0.39, 0.29) is 6.09 Å². The van der Waals surface area contributed by atoms with Gasteiger partial charge in [0.25, 0.3) is 0 Å². The summed E-state index contributed by atoms with van der Waals surface area (Å²) in [5.74, 6) is 2.06. The van der Waals surface area contributed by atoms with E-state index in [1.54, 1.807) is 7.11 Å². The van der Waals surface area contributed by atoms with Crippen molar-refractivity contribution in [1.82, 2.24) is 14.8 Å². The molecule has 3 aromatic rings. The number of para-hydroxylation sites is 1. The van der Waals surface area contributed by atoms with Gasteiger partial charge in [-0.05, 0) is 88.4 Å². The van der Waals surface area contributed by atoms with Crippen molar-refractivity contribution in [1.29, 1.82) is 0 Å². The monoisotopic (exact) mass is 516 g/mol. The first-order valence-electron chi connectivity index (χ1n) is 13.8. The summed E-state index contributed by atoms with van der Waals surface area (Å²) < 4.78 is 10.9. The number of ether oxygens (including phenoxy) is 2.